The lowest BCUT2D eigenvalue weighted by Crippen LogP contribution is -2.22. The van der Waals surface area contributed by atoms with Crippen molar-refractivity contribution in [2.24, 2.45) is 0 Å². The lowest BCUT2D eigenvalue weighted by molar-refractivity contribution is -0.137. The molecule has 1 aromatic heterocycles. The first-order valence-electron chi connectivity index (χ1n) is 12.2. The van der Waals surface area contributed by atoms with Crippen molar-refractivity contribution in [3.05, 3.63) is 71.9 Å². The topological polar surface area (TPSA) is 88.6 Å². The van der Waals surface area contributed by atoms with Gasteiger partial charge in [0.2, 0.25) is 11.8 Å². The molecule has 0 spiro atoms. The van der Waals surface area contributed by atoms with Gasteiger partial charge in [0, 0.05) is 35.6 Å². The molecule has 4 aromatic rings. The lowest BCUT2D eigenvalue weighted by Gasteiger charge is -2.18. The molecule has 1 heterocycles. The van der Waals surface area contributed by atoms with E-state index in [0.717, 1.165) is 36.7 Å². The van der Waals surface area contributed by atoms with E-state index in [2.05, 4.69) is 20.6 Å². The molecule has 0 aliphatic heterocycles. The van der Waals surface area contributed by atoms with Crippen molar-refractivity contribution < 1.29 is 27.4 Å². The Labute approximate surface area is 222 Å². The molecule has 1 fully saturated rings. The highest BCUT2D eigenvalue weighted by atomic mass is 19.4. The number of benzene rings is 3. The third kappa shape index (κ3) is 5.82. The highest BCUT2D eigenvalue weighted by molar-refractivity contribution is 6.08. The zero-order valence-electron chi connectivity index (χ0n) is 21.5. The second kappa shape index (κ2) is 10.3. The Morgan fingerprint density at radius 2 is 1.64 bits per heavy atom. The number of aromatic nitrogens is 2. The van der Waals surface area contributed by atoms with Gasteiger partial charge in [0.25, 0.3) is 0 Å². The van der Waals surface area contributed by atoms with Gasteiger partial charge in [-0.15, -0.1) is 0 Å². The van der Waals surface area contributed by atoms with Crippen LogP contribution in [0.25, 0.3) is 10.8 Å². The van der Waals surface area contributed by atoms with E-state index in [0.29, 0.717) is 40.1 Å². The summed E-state index contributed by atoms with van der Waals surface area (Å²) >= 11 is 0. The number of aryl methyl sites for hydroxylation is 1. The second-order valence-electron chi connectivity index (χ2n) is 9.24. The van der Waals surface area contributed by atoms with Crippen LogP contribution in [0.1, 0.15) is 24.1 Å². The monoisotopic (exact) mass is 537 g/mol. The maximum atomic E-state index is 13.2. The summed E-state index contributed by atoms with van der Waals surface area (Å²) < 4.78 is 50.8. The average molecular weight is 538 g/mol. The van der Waals surface area contributed by atoms with E-state index in [1.807, 2.05) is 37.1 Å². The van der Waals surface area contributed by atoms with E-state index in [-0.39, 0.29) is 11.4 Å². The molecule has 1 saturated carbocycles. The molecule has 0 unspecified atom stereocenters. The first-order chi connectivity index (χ1) is 18.6. The van der Waals surface area contributed by atoms with Crippen molar-refractivity contribution in [3.8, 4) is 17.4 Å². The van der Waals surface area contributed by atoms with Crippen LogP contribution in [0.2, 0.25) is 0 Å². The van der Waals surface area contributed by atoms with E-state index in [9.17, 15) is 18.0 Å². The number of carbonyl (C=O) groups excluding carboxylic acids is 1. The quantitative estimate of drug-likeness (QED) is 0.264. The molecule has 0 radical (unpaired) electrons. The maximum absolute atomic E-state index is 13.2. The molecule has 5 rings (SSSR count). The molecule has 202 valence electrons. The fourth-order valence-corrected chi connectivity index (χ4v) is 4.20. The third-order valence-corrected chi connectivity index (χ3v) is 6.35. The first kappa shape index (κ1) is 26.1. The van der Waals surface area contributed by atoms with Crippen LogP contribution >= 0.6 is 0 Å². The minimum Gasteiger partial charge on any atom is -0.495 e. The SMILES string of the molecule is COc1ccc(C(F)(F)F)cc1NC(=O)Nc1ccc(Oc2cc(C)nc(N(C)C3CC3)n2)c2ccccc12. The molecule has 1 aliphatic carbocycles. The van der Waals surface area contributed by atoms with Gasteiger partial charge in [-0.1, -0.05) is 24.3 Å². The number of fused-ring (bicyclic) bond motifs is 1. The van der Waals surface area contributed by atoms with Gasteiger partial charge in [0.05, 0.1) is 24.0 Å². The molecule has 3 aromatic carbocycles. The number of halogens is 3. The Morgan fingerprint density at radius 1 is 0.949 bits per heavy atom. The number of carbonyl (C=O) groups is 1. The number of urea groups is 1. The molecule has 1 aliphatic rings. The molecule has 0 bridgehead atoms. The molecule has 2 N–H and O–H groups in total. The van der Waals surface area contributed by atoms with Crippen molar-refractivity contribution in [2.75, 3.05) is 29.7 Å². The van der Waals surface area contributed by atoms with E-state index in [4.69, 9.17) is 9.47 Å². The third-order valence-electron chi connectivity index (χ3n) is 6.35. The van der Waals surface area contributed by atoms with Crippen LogP contribution in [0, 0.1) is 6.92 Å². The first-order valence-corrected chi connectivity index (χ1v) is 12.2. The smallest absolute Gasteiger partial charge is 0.416 e. The number of alkyl halides is 3. The van der Waals surface area contributed by atoms with Gasteiger partial charge in [-0.2, -0.15) is 18.2 Å². The largest absolute Gasteiger partial charge is 0.495 e. The number of methoxy groups -OCH3 is 1. The number of ether oxygens (including phenoxy) is 2. The predicted octanol–water partition coefficient (Wildman–Crippen LogP) is 7.00. The van der Waals surface area contributed by atoms with Crippen LogP contribution in [0.15, 0.2) is 60.7 Å². The number of hydrogen-bond acceptors (Lipinski definition) is 6. The molecule has 0 saturated heterocycles. The van der Waals surface area contributed by atoms with E-state index < -0.39 is 17.8 Å². The van der Waals surface area contributed by atoms with Crippen LogP contribution < -0.4 is 25.0 Å². The van der Waals surface area contributed by atoms with Gasteiger partial charge < -0.3 is 25.0 Å². The maximum Gasteiger partial charge on any atom is 0.416 e. The van der Waals surface area contributed by atoms with Crippen molar-refractivity contribution in [1.82, 2.24) is 9.97 Å². The van der Waals surface area contributed by atoms with Gasteiger partial charge in [-0.05, 0) is 50.1 Å². The minimum absolute atomic E-state index is 0.0959. The Morgan fingerprint density at radius 3 is 2.33 bits per heavy atom. The zero-order valence-corrected chi connectivity index (χ0v) is 21.5. The van der Waals surface area contributed by atoms with E-state index >= 15 is 0 Å². The summed E-state index contributed by atoms with van der Waals surface area (Å²) in [5.74, 6) is 1.61. The highest BCUT2D eigenvalue weighted by Crippen LogP contribution is 2.37. The molecule has 11 heteroatoms. The van der Waals surface area contributed by atoms with Gasteiger partial charge in [-0.25, -0.2) is 9.78 Å². The number of amides is 2. The normalized spacial score (nSPS) is 13.2. The Hall–Kier alpha value is -4.54. The highest BCUT2D eigenvalue weighted by Gasteiger charge is 2.31. The number of rotatable bonds is 7. The molecule has 2 amide bonds. The fraction of sp³-hybridized carbons (Fsp3) is 0.250. The van der Waals surface area contributed by atoms with Crippen molar-refractivity contribution in [3.63, 3.8) is 0 Å². The summed E-state index contributed by atoms with van der Waals surface area (Å²) in [5.41, 5.74) is 0.193. The van der Waals surface area contributed by atoms with Gasteiger partial charge in [0.15, 0.2) is 0 Å². The van der Waals surface area contributed by atoms with Crippen LogP contribution in [0.4, 0.5) is 35.3 Å². The van der Waals surface area contributed by atoms with Gasteiger partial charge >= 0.3 is 12.2 Å². The standard InChI is InChI=1S/C28H26F3N5O3/c1-16-14-25(35-26(32-16)36(2)18-9-10-18)39-23-13-11-21(19-6-4-5-7-20(19)23)33-27(37)34-22-15-17(28(29,30)31)8-12-24(22)38-3/h4-8,11-15,18H,9-10H2,1-3H3,(H2,33,34,37). The van der Waals surface area contributed by atoms with Gasteiger partial charge in [-0.3, -0.25) is 0 Å². The number of hydrogen-bond donors (Lipinski definition) is 2. The summed E-state index contributed by atoms with van der Waals surface area (Å²) in [5, 5.41) is 6.54. The van der Waals surface area contributed by atoms with Crippen molar-refractivity contribution >= 4 is 34.1 Å². The lowest BCUT2D eigenvalue weighted by atomic mass is 10.1. The molecule has 39 heavy (non-hydrogen) atoms. The molecule has 8 nitrogen and oxygen atoms in total. The second-order valence-corrected chi connectivity index (χ2v) is 9.24. The van der Waals surface area contributed by atoms with Gasteiger partial charge in [0.1, 0.15) is 11.5 Å². The minimum atomic E-state index is -4.57. The number of nitrogens with one attached hydrogen (secondary N) is 2. The molecular formula is C28H26F3N5O3. The summed E-state index contributed by atoms with van der Waals surface area (Å²) in [6.07, 6.45) is -2.35. The molecular weight excluding hydrogens is 511 g/mol. The predicted molar refractivity (Wildman–Crippen MR) is 143 cm³/mol. The average Bonchev–Trinajstić information content (AvgIpc) is 3.74. The summed E-state index contributed by atoms with van der Waals surface area (Å²) in [6, 6.07) is 15.0. The zero-order chi connectivity index (χ0) is 27.7. The van der Waals surface area contributed by atoms with E-state index in [1.54, 1.807) is 24.3 Å². The van der Waals surface area contributed by atoms with Crippen LogP contribution in [-0.2, 0) is 6.18 Å². The van der Waals surface area contributed by atoms with Crippen LogP contribution in [0.3, 0.4) is 0 Å². The number of anilines is 3. The summed E-state index contributed by atoms with van der Waals surface area (Å²) in [6.45, 7) is 1.88. The fourth-order valence-electron chi connectivity index (χ4n) is 4.20. The Kier molecular flexibility index (Phi) is 6.90. The Bertz CT molecular complexity index is 1540. The van der Waals surface area contributed by atoms with Crippen LogP contribution in [0.5, 0.6) is 17.4 Å². The summed E-state index contributed by atoms with van der Waals surface area (Å²) in [4.78, 5) is 24.0. The van der Waals surface area contributed by atoms with Crippen molar-refractivity contribution in [1.29, 1.82) is 0 Å². The van der Waals surface area contributed by atoms with E-state index in [1.165, 1.54) is 7.11 Å². The molecule has 0 atom stereocenters. The Balaban J connectivity index is 1.39. The van der Waals surface area contributed by atoms with Crippen LogP contribution in [-0.4, -0.2) is 36.2 Å². The summed E-state index contributed by atoms with van der Waals surface area (Å²) in [7, 11) is 3.27. The van der Waals surface area contributed by atoms with Crippen molar-refractivity contribution in [2.45, 2.75) is 32.0 Å². The number of nitrogens with zero attached hydrogens (tertiary/aromatic N) is 3.